The molecule has 0 saturated carbocycles. The Morgan fingerprint density at radius 2 is 2.04 bits per heavy atom. The molecule has 2 heterocycles. The molecular weight excluding hydrogens is 318 g/mol. The maximum atomic E-state index is 12.7. The maximum Gasteiger partial charge on any atom is 0.319 e. The van der Waals surface area contributed by atoms with Gasteiger partial charge in [-0.3, -0.25) is 4.79 Å². The van der Waals surface area contributed by atoms with E-state index < -0.39 is 6.04 Å². The van der Waals surface area contributed by atoms with Crippen molar-refractivity contribution in [2.45, 2.75) is 12.5 Å². The molecule has 1 unspecified atom stereocenters. The van der Waals surface area contributed by atoms with Gasteiger partial charge in [0, 0.05) is 25.3 Å². The number of urea groups is 1. The van der Waals surface area contributed by atoms with E-state index in [1.54, 1.807) is 24.1 Å². The lowest BCUT2D eigenvalue weighted by atomic mass is 9.96. The summed E-state index contributed by atoms with van der Waals surface area (Å²) in [5.74, 6) is -0.0523. The van der Waals surface area contributed by atoms with E-state index in [1.807, 2.05) is 12.1 Å². The highest BCUT2D eigenvalue weighted by molar-refractivity contribution is 6.30. The molecule has 1 atom stereocenters. The van der Waals surface area contributed by atoms with Gasteiger partial charge in [0.2, 0.25) is 0 Å². The van der Waals surface area contributed by atoms with Crippen LogP contribution in [0.3, 0.4) is 0 Å². The predicted octanol–water partition coefficient (Wildman–Crippen LogP) is 1.83. The Balaban J connectivity index is 1.84. The van der Waals surface area contributed by atoms with Crippen LogP contribution < -0.4 is 10.6 Å². The number of carbonyl (C=O) groups is 2. The second kappa shape index (κ2) is 6.60. The van der Waals surface area contributed by atoms with E-state index >= 15 is 0 Å². The van der Waals surface area contributed by atoms with Crippen molar-refractivity contribution in [3.63, 3.8) is 0 Å². The minimum Gasteiger partial charge on any atom is -0.385 e. The van der Waals surface area contributed by atoms with Crippen LogP contribution in [0.5, 0.6) is 0 Å². The third-order valence-corrected chi connectivity index (χ3v) is 4.25. The summed E-state index contributed by atoms with van der Waals surface area (Å²) in [6.07, 6.45) is 0.760. The van der Waals surface area contributed by atoms with Crippen molar-refractivity contribution >= 4 is 23.5 Å². The zero-order valence-corrected chi connectivity index (χ0v) is 13.5. The third-order valence-electron chi connectivity index (χ3n) is 4.00. The van der Waals surface area contributed by atoms with Crippen LogP contribution in [-0.4, -0.2) is 43.6 Å². The van der Waals surface area contributed by atoms with Gasteiger partial charge in [-0.25, -0.2) is 4.79 Å². The van der Waals surface area contributed by atoms with Gasteiger partial charge in [0.05, 0.1) is 23.9 Å². The van der Waals surface area contributed by atoms with E-state index in [0.717, 1.165) is 12.0 Å². The molecule has 122 valence electrons. The van der Waals surface area contributed by atoms with Crippen molar-refractivity contribution in [3.8, 4) is 0 Å². The number of amides is 3. The minimum atomic E-state index is -0.448. The maximum absolute atomic E-state index is 12.7. The summed E-state index contributed by atoms with van der Waals surface area (Å²) in [7, 11) is 1.63. The van der Waals surface area contributed by atoms with Crippen molar-refractivity contribution in [2.75, 3.05) is 26.8 Å². The highest BCUT2D eigenvalue weighted by atomic mass is 35.5. The van der Waals surface area contributed by atoms with Crippen molar-refractivity contribution in [1.29, 1.82) is 0 Å². The molecule has 6 nitrogen and oxygen atoms in total. The largest absolute Gasteiger partial charge is 0.385 e. The molecule has 3 rings (SSSR count). The first-order valence-electron chi connectivity index (χ1n) is 7.44. The summed E-state index contributed by atoms with van der Waals surface area (Å²) in [6.45, 7) is 1.62. The van der Waals surface area contributed by atoms with Crippen LogP contribution in [-0.2, 0) is 9.53 Å². The Labute approximate surface area is 139 Å². The number of hydrogen-bond donors (Lipinski definition) is 2. The van der Waals surface area contributed by atoms with Gasteiger partial charge in [-0.2, -0.15) is 0 Å². The zero-order valence-electron chi connectivity index (χ0n) is 12.8. The van der Waals surface area contributed by atoms with Gasteiger partial charge < -0.3 is 20.3 Å². The molecule has 0 fully saturated rings. The monoisotopic (exact) mass is 335 g/mol. The predicted molar refractivity (Wildman–Crippen MR) is 86.0 cm³/mol. The zero-order chi connectivity index (χ0) is 16.4. The fourth-order valence-corrected chi connectivity index (χ4v) is 3.04. The van der Waals surface area contributed by atoms with Crippen molar-refractivity contribution < 1.29 is 14.3 Å². The minimum absolute atomic E-state index is 0.0523. The summed E-state index contributed by atoms with van der Waals surface area (Å²) in [4.78, 5) is 26.3. The van der Waals surface area contributed by atoms with E-state index in [9.17, 15) is 9.59 Å². The second-order valence-electron chi connectivity index (χ2n) is 5.55. The van der Waals surface area contributed by atoms with Crippen LogP contribution in [0, 0.1) is 0 Å². The highest BCUT2D eigenvalue weighted by Crippen LogP contribution is 2.32. The number of methoxy groups -OCH3 is 1. The summed E-state index contributed by atoms with van der Waals surface area (Å²) < 4.78 is 5.03. The van der Waals surface area contributed by atoms with Crippen molar-refractivity contribution in [3.05, 3.63) is 46.1 Å². The summed E-state index contributed by atoms with van der Waals surface area (Å²) in [5, 5.41) is 6.18. The van der Waals surface area contributed by atoms with E-state index in [1.165, 1.54) is 0 Å². The summed E-state index contributed by atoms with van der Waals surface area (Å²) >= 11 is 5.91. The summed E-state index contributed by atoms with van der Waals surface area (Å²) in [6, 6.07) is 6.40. The van der Waals surface area contributed by atoms with Gasteiger partial charge in [0.1, 0.15) is 0 Å². The third kappa shape index (κ3) is 3.18. The van der Waals surface area contributed by atoms with Gasteiger partial charge in [0.25, 0.3) is 5.91 Å². The van der Waals surface area contributed by atoms with E-state index in [4.69, 9.17) is 16.3 Å². The molecule has 2 N–H and O–H groups in total. The Morgan fingerprint density at radius 1 is 1.30 bits per heavy atom. The lowest BCUT2D eigenvalue weighted by Gasteiger charge is -2.25. The number of carbonyl (C=O) groups excluding carboxylic acids is 2. The number of benzene rings is 1. The van der Waals surface area contributed by atoms with E-state index in [0.29, 0.717) is 36.0 Å². The normalized spacial score (nSPS) is 20.4. The van der Waals surface area contributed by atoms with E-state index in [2.05, 4.69) is 10.6 Å². The molecule has 0 spiro atoms. The SMILES string of the molecule is COCCCN1CC2=C(C1=O)C(c1ccc(Cl)cc1)NC(=O)N2. The number of ether oxygens (including phenoxy) is 1. The van der Waals surface area contributed by atoms with Gasteiger partial charge >= 0.3 is 6.03 Å². The highest BCUT2D eigenvalue weighted by Gasteiger charge is 2.39. The molecule has 0 bridgehead atoms. The molecule has 0 saturated heterocycles. The molecule has 7 heteroatoms. The van der Waals surface area contributed by atoms with Crippen LogP contribution in [0.2, 0.25) is 5.02 Å². The van der Waals surface area contributed by atoms with Crippen LogP contribution in [0.4, 0.5) is 4.79 Å². The standard InChI is InChI=1S/C16H18ClN3O3/c1-23-8-2-7-20-9-12-13(15(20)21)14(19-16(22)18-12)10-3-5-11(17)6-4-10/h3-6,14H,2,7-9H2,1H3,(H2,18,19,22). The fraction of sp³-hybridized carbons (Fsp3) is 0.375. The lowest BCUT2D eigenvalue weighted by Crippen LogP contribution is -2.44. The Morgan fingerprint density at radius 3 is 2.74 bits per heavy atom. The first kappa shape index (κ1) is 15.8. The number of nitrogens with zero attached hydrogens (tertiary/aromatic N) is 1. The Bertz CT molecular complexity index is 657. The number of rotatable bonds is 5. The molecule has 1 aromatic rings. The summed E-state index contributed by atoms with van der Waals surface area (Å²) in [5.41, 5.74) is 2.12. The first-order chi connectivity index (χ1) is 11.1. The topological polar surface area (TPSA) is 70.7 Å². The van der Waals surface area contributed by atoms with Crippen molar-refractivity contribution in [2.24, 2.45) is 0 Å². The molecular formula is C16H18ClN3O3. The van der Waals surface area contributed by atoms with Crippen LogP contribution in [0.15, 0.2) is 35.5 Å². The fourth-order valence-electron chi connectivity index (χ4n) is 2.91. The lowest BCUT2D eigenvalue weighted by molar-refractivity contribution is -0.125. The molecule has 2 aliphatic rings. The molecule has 0 aromatic heterocycles. The number of hydrogen-bond acceptors (Lipinski definition) is 3. The molecule has 3 amide bonds. The molecule has 1 aromatic carbocycles. The smallest absolute Gasteiger partial charge is 0.319 e. The van der Waals surface area contributed by atoms with Gasteiger partial charge in [-0.1, -0.05) is 23.7 Å². The Hall–Kier alpha value is -2.05. The van der Waals surface area contributed by atoms with Gasteiger partial charge in [-0.15, -0.1) is 0 Å². The first-order valence-corrected chi connectivity index (χ1v) is 7.82. The number of nitrogens with one attached hydrogen (secondary N) is 2. The van der Waals surface area contributed by atoms with Crippen LogP contribution in [0.1, 0.15) is 18.0 Å². The van der Waals surface area contributed by atoms with E-state index in [-0.39, 0.29) is 11.9 Å². The molecule has 0 aliphatic carbocycles. The van der Waals surface area contributed by atoms with Gasteiger partial charge in [-0.05, 0) is 24.1 Å². The molecule has 0 radical (unpaired) electrons. The second-order valence-corrected chi connectivity index (χ2v) is 5.98. The Kier molecular flexibility index (Phi) is 4.54. The molecule has 23 heavy (non-hydrogen) atoms. The average Bonchev–Trinajstić information content (AvgIpc) is 2.84. The van der Waals surface area contributed by atoms with Gasteiger partial charge in [0.15, 0.2) is 0 Å². The number of halogens is 1. The molecule has 2 aliphatic heterocycles. The van der Waals surface area contributed by atoms with Crippen LogP contribution in [0.25, 0.3) is 0 Å². The van der Waals surface area contributed by atoms with Crippen LogP contribution >= 0.6 is 11.6 Å². The van der Waals surface area contributed by atoms with Crippen molar-refractivity contribution in [1.82, 2.24) is 15.5 Å². The average molecular weight is 336 g/mol. The quantitative estimate of drug-likeness (QED) is 0.806.